The van der Waals surface area contributed by atoms with E-state index in [-0.39, 0.29) is 11.7 Å². The molecular weight excluding hydrogens is 252 g/mol. The Labute approximate surface area is 89.6 Å². The standard InChI is InChI=1S/C10H10BrF2N/c11-6-4-8(12)10(9(13)5-6)14-7-2-1-3-7/h4-5,7,14H,1-3H2. The molecule has 1 N–H and O–H groups in total. The molecule has 0 unspecified atom stereocenters. The van der Waals surface area contributed by atoms with Gasteiger partial charge in [-0.15, -0.1) is 0 Å². The van der Waals surface area contributed by atoms with Crippen LogP contribution in [0.2, 0.25) is 0 Å². The highest BCUT2D eigenvalue weighted by Crippen LogP contribution is 2.28. The largest absolute Gasteiger partial charge is 0.378 e. The molecule has 2 rings (SSSR count). The van der Waals surface area contributed by atoms with Crippen molar-refractivity contribution in [2.75, 3.05) is 5.32 Å². The zero-order chi connectivity index (χ0) is 10.1. The van der Waals surface area contributed by atoms with Crippen molar-refractivity contribution in [3.05, 3.63) is 28.2 Å². The molecule has 4 heteroatoms. The van der Waals surface area contributed by atoms with Crippen LogP contribution in [-0.4, -0.2) is 6.04 Å². The van der Waals surface area contributed by atoms with Gasteiger partial charge in [0.05, 0.1) is 0 Å². The minimum Gasteiger partial charge on any atom is -0.378 e. The van der Waals surface area contributed by atoms with Crippen LogP contribution in [0.3, 0.4) is 0 Å². The molecule has 0 aromatic heterocycles. The van der Waals surface area contributed by atoms with E-state index in [1.165, 1.54) is 12.1 Å². The lowest BCUT2D eigenvalue weighted by atomic mass is 9.93. The van der Waals surface area contributed by atoms with Crippen LogP contribution in [0.15, 0.2) is 16.6 Å². The Morgan fingerprint density at radius 2 is 1.79 bits per heavy atom. The van der Waals surface area contributed by atoms with Crippen molar-refractivity contribution in [1.82, 2.24) is 0 Å². The van der Waals surface area contributed by atoms with E-state index in [2.05, 4.69) is 21.2 Å². The maximum atomic E-state index is 13.3. The number of benzene rings is 1. The first-order valence-electron chi connectivity index (χ1n) is 4.58. The molecule has 1 aliphatic carbocycles. The van der Waals surface area contributed by atoms with Gasteiger partial charge in [0.2, 0.25) is 0 Å². The van der Waals surface area contributed by atoms with E-state index in [0.717, 1.165) is 19.3 Å². The predicted octanol–water partition coefficient (Wildman–Crippen LogP) is 3.69. The smallest absolute Gasteiger partial charge is 0.150 e. The summed E-state index contributed by atoms with van der Waals surface area (Å²) in [6, 6.07) is 2.77. The van der Waals surface area contributed by atoms with Crippen LogP contribution in [0.1, 0.15) is 19.3 Å². The van der Waals surface area contributed by atoms with Gasteiger partial charge in [-0.1, -0.05) is 15.9 Å². The Bertz CT molecular complexity index is 327. The minimum absolute atomic E-state index is 0.00194. The summed E-state index contributed by atoms with van der Waals surface area (Å²) < 4.78 is 27.0. The number of hydrogen-bond donors (Lipinski definition) is 1. The molecule has 76 valence electrons. The summed E-state index contributed by atoms with van der Waals surface area (Å²) in [7, 11) is 0. The molecule has 0 amide bonds. The molecule has 1 fully saturated rings. The number of rotatable bonds is 2. The molecule has 0 atom stereocenters. The topological polar surface area (TPSA) is 12.0 Å². The second-order valence-electron chi connectivity index (χ2n) is 3.52. The first kappa shape index (κ1) is 9.90. The normalized spacial score (nSPS) is 16.5. The van der Waals surface area contributed by atoms with Gasteiger partial charge < -0.3 is 5.32 Å². The average molecular weight is 262 g/mol. The lowest BCUT2D eigenvalue weighted by Crippen LogP contribution is -2.28. The van der Waals surface area contributed by atoms with Gasteiger partial charge >= 0.3 is 0 Å². The number of nitrogens with one attached hydrogen (secondary N) is 1. The van der Waals surface area contributed by atoms with E-state index in [1.807, 2.05) is 0 Å². The fraction of sp³-hybridized carbons (Fsp3) is 0.400. The summed E-state index contributed by atoms with van der Waals surface area (Å²) in [5.41, 5.74) is -0.00194. The van der Waals surface area contributed by atoms with Gasteiger partial charge in [0.15, 0.2) is 0 Å². The molecule has 0 saturated heterocycles. The zero-order valence-electron chi connectivity index (χ0n) is 7.49. The maximum Gasteiger partial charge on any atom is 0.150 e. The van der Waals surface area contributed by atoms with Gasteiger partial charge in [0, 0.05) is 10.5 Å². The van der Waals surface area contributed by atoms with E-state index < -0.39 is 11.6 Å². The molecule has 1 saturated carbocycles. The maximum absolute atomic E-state index is 13.3. The van der Waals surface area contributed by atoms with Gasteiger partial charge in [-0.2, -0.15) is 0 Å². The molecular formula is C10H10BrF2N. The fourth-order valence-electron chi connectivity index (χ4n) is 1.44. The van der Waals surface area contributed by atoms with Gasteiger partial charge in [0.25, 0.3) is 0 Å². The number of halogens is 3. The molecule has 14 heavy (non-hydrogen) atoms. The van der Waals surface area contributed by atoms with Crippen molar-refractivity contribution in [3.63, 3.8) is 0 Å². The number of hydrogen-bond acceptors (Lipinski definition) is 1. The fourth-order valence-corrected chi connectivity index (χ4v) is 1.84. The first-order chi connectivity index (χ1) is 6.66. The lowest BCUT2D eigenvalue weighted by Gasteiger charge is -2.27. The average Bonchev–Trinajstić information content (AvgIpc) is 1.98. The zero-order valence-corrected chi connectivity index (χ0v) is 9.07. The summed E-state index contributed by atoms with van der Waals surface area (Å²) >= 11 is 3.04. The second kappa shape index (κ2) is 3.85. The van der Waals surface area contributed by atoms with Crippen molar-refractivity contribution in [1.29, 1.82) is 0 Å². The van der Waals surface area contributed by atoms with Gasteiger partial charge in [-0.05, 0) is 31.4 Å². The Balaban J connectivity index is 2.22. The van der Waals surface area contributed by atoms with Crippen molar-refractivity contribution in [2.24, 2.45) is 0 Å². The predicted molar refractivity (Wildman–Crippen MR) is 55.3 cm³/mol. The quantitative estimate of drug-likeness (QED) is 0.857. The van der Waals surface area contributed by atoms with E-state index in [4.69, 9.17) is 0 Å². The van der Waals surface area contributed by atoms with Crippen LogP contribution in [0.4, 0.5) is 14.5 Å². The number of anilines is 1. The SMILES string of the molecule is Fc1cc(Br)cc(F)c1NC1CCC1. The summed E-state index contributed by atoms with van der Waals surface area (Å²) in [5.74, 6) is -1.08. The Morgan fingerprint density at radius 1 is 1.21 bits per heavy atom. The molecule has 1 nitrogen and oxygen atoms in total. The van der Waals surface area contributed by atoms with E-state index in [1.54, 1.807) is 0 Å². The highest BCUT2D eigenvalue weighted by Gasteiger charge is 2.20. The molecule has 1 aromatic carbocycles. The third kappa shape index (κ3) is 1.90. The van der Waals surface area contributed by atoms with Crippen LogP contribution in [0.5, 0.6) is 0 Å². The van der Waals surface area contributed by atoms with Gasteiger partial charge in [-0.3, -0.25) is 0 Å². The third-order valence-corrected chi connectivity index (χ3v) is 2.92. The summed E-state index contributed by atoms with van der Waals surface area (Å²) in [6.07, 6.45) is 3.13. The lowest BCUT2D eigenvalue weighted by molar-refractivity contribution is 0.439. The van der Waals surface area contributed by atoms with Gasteiger partial charge in [-0.25, -0.2) is 8.78 Å². The van der Waals surface area contributed by atoms with E-state index in [0.29, 0.717) is 4.47 Å². The minimum atomic E-state index is -0.538. The highest BCUT2D eigenvalue weighted by atomic mass is 79.9. The van der Waals surface area contributed by atoms with Gasteiger partial charge in [0.1, 0.15) is 17.3 Å². The van der Waals surface area contributed by atoms with Crippen LogP contribution in [0.25, 0.3) is 0 Å². The molecule has 0 heterocycles. The molecule has 1 aliphatic rings. The van der Waals surface area contributed by atoms with Crippen LogP contribution < -0.4 is 5.32 Å². The van der Waals surface area contributed by atoms with Crippen molar-refractivity contribution < 1.29 is 8.78 Å². The summed E-state index contributed by atoms with van der Waals surface area (Å²) in [5, 5.41) is 2.87. The van der Waals surface area contributed by atoms with Crippen molar-refractivity contribution in [3.8, 4) is 0 Å². The van der Waals surface area contributed by atoms with Crippen LogP contribution in [-0.2, 0) is 0 Å². The molecule has 0 spiro atoms. The summed E-state index contributed by atoms with van der Waals surface area (Å²) in [6.45, 7) is 0. The Morgan fingerprint density at radius 3 is 2.21 bits per heavy atom. The van der Waals surface area contributed by atoms with Crippen LogP contribution >= 0.6 is 15.9 Å². The molecule has 0 aliphatic heterocycles. The Hall–Kier alpha value is -0.640. The van der Waals surface area contributed by atoms with E-state index in [9.17, 15) is 8.78 Å². The van der Waals surface area contributed by atoms with Crippen molar-refractivity contribution >= 4 is 21.6 Å². The molecule has 0 bridgehead atoms. The van der Waals surface area contributed by atoms with Crippen LogP contribution in [0, 0.1) is 11.6 Å². The van der Waals surface area contributed by atoms with E-state index >= 15 is 0 Å². The summed E-state index contributed by atoms with van der Waals surface area (Å²) in [4.78, 5) is 0. The monoisotopic (exact) mass is 261 g/mol. The van der Waals surface area contributed by atoms with Crippen molar-refractivity contribution in [2.45, 2.75) is 25.3 Å². The second-order valence-corrected chi connectivity index (χ2v) is 4.43. The Kier molecular flexibility index (Phi) is 2.72. The highest BCUT2D eigenvalue weighted by molar-refractivity contribution is 9.10. The molecule has 0 radical (unpaired) electrons. The third-order valence-electron chi connectivity index (χ3n) is 2.46. The first-order valence-corrected chi connectivity index (χ1v) is 5.37. The molecule has 1 aromatic rings.